The molecule has 1 aliphatic carbocycles. The smallest absolute Gasteiger partial charge is 0.239 e. The number of aliphatic hydroxyl groups is 1. The van der Waals surface area contributed by atoms with Crippen molar-refractivity contribution in [1.29, 1.82) is 0 Å². The summed E-state index contributed by atoms with van der Waals surface area (Å²) in [6.45, 7) is 1.40. The molecule has 1 atom stereocenters. The van der Waals surface area contributed by atoms with Gasteiger partial charge in [-0.15, -0.1) is 0 Å². The van der Waals surface area contributed by atoms with Crippen LogP contribution in [-0.4, -0.2) is 47.7 Å². The Morgan fingerprint density at radius 1 is 1.64 bits per heavy atom. The molecule has 2 fully saturated rings. The van der Waals surface area contributed by atoms with E-state index in [4.69, 9.17) is 0 Å². The average molecular weight is 198 g/mol. The van der Waals surface area contributed by atoms with Gasteiger partial charge in [0.15, 0.2) is 0 Å². The minimum absolute atomic E-state index is 0.0652. The van der Waals surface area contributed by atoms with E-state index in [-0.39, 0.29) is 11.9 Å². The molecule has 0 aromatic carbocycles. The fourth-order valence-corrected chi connectivity index (χ4v) is 2.09. The second-order valence-corrected chi connectivity index (χ2v) is 4.56. The number of carbonyl (C=O) groups excluding carboxylic acids is 1. The highest BCUT2D eigenvalue weighted by Crippen LogP contribution is 2.30. The van der Waals surface area contributed by atoms with Crippen molar-refractivity contribution < 1.29 is 9.90 Å². The lowest BCUT2D eigenvalue weighted by molar-refractivity contribution is -0.128. The maximum Gasteiger partial charge on any atom is 0.239 e. The predicted molar refractivity (Wildman–Crippen MR) is 52.8 cm³/mol. The number of likely N-dealkylation sites (tertiary alicyclic amines) is 1. The molecule has 1 saturated carbocycles. The van der Waals surface area contributed by atoms with Gasteiger partial charge in [-0.1, -0.05) is 0 Å². The van der Waals surface area contributed by atoms with E-state index in [0.717, 1.165) is 32.2 Å². The Morgan fingerprint density at radius 2 is 2.36 bits per heavy atom. The summed E-state index contributed by atoms with van der Waals surface area (Å²) in [4.78, 5) is 13.2. The van der Waals surface area contributed by atoms with Gasteiger partial charge in [0.1, 0.15) is 0 Å². The van der Waals surface area contributed by atoms with Crippen molar-refractivity contribution in [3.05, 3.63) is 0 Å². The summed E-state index contributed by atoms with van der Waals surface area (Å²) < 4.78 is 0. The fourth-order valence-electron chi connectivity index (χ4n) is 2.09. The lowest BCUT2D eigenvalue weighted by atomic mass is 9.80. The number of likely N-dealkylation sites (N-methyl/N-ethyl adjacent to an activating group) is 1. The highest BCUT2D eigenvalue weighted by molar-refractivity contribution is 5.83. The van der Waals surface area contributed by atoms with E-state index in [9.17, 15) is 9.90 Å². The van der Waals surface area contributed by atoms with E-state index >= 15 is 0 Å². The molecule has 2 rings (SSSR count). The first-order chi connectivity index (χ1) is 6.61. The number of hydrogen-bond acceptors (Lipinski definition) is 3. The Kier molecular flexibility index (Phi) is 2.49. The van der Waals surface area contributed by atoms with Crippen LogP contribution in [0.15, 0.2) is 0 Å². The third kappa shape index (κ3) is 1.77. The number of amides is 1. The van der Waals surface area contributed by atoms with Crippen LogP contribution >= 0.6 is 0 Å². The lowest BCUT2D eigenvalue weighted by Gasteiger charge is -2.37. The van der Waals surface area contributed by atoms with Crippen molar-refractivity contribution in [3.63, 3.8) is 0 Å². The SMILES string of the molecule is CN1CCC(NCC2(O)CCC2)C1=O. The first-order valence-electron chi connectivity index (χ1n) is 5.31. The molecule has 2 aliphatic rings. The summed E-state index contributed by atoms with van der Waals surface area (Å²) in [5, 5.41) is 13.0. The minimum atomic E-state index is -0.526. The zero-order valence-electron chi connectivity index (χ0n) is 8.62. The summed E-state index contributed by atoms with van der Waals surface area (Å²) >= 11 is 0. The molecule has 0 aromatic rings. The Labute approximate surface area is 84.3 Å². The second-order valence-electron chi connectivity index (χ2n) is 4.56. The van der Waals surface area contributed by atoms with Crippen molar-refractivity contribution in [2.24, 2.45) is 0 Å². The normalized spacial score (nSPS) is 30.6. The third-order valence-corrected chi connectivity index (χ3v) is 3.39. The zero-order chi connectivity index (χ0) is 10.2. The molecule has 0 spiro atoms. The molecule has 80 valence electrons. The van der Waals surface area contributed by atoms with Gasteiger partial charge < -0.3 is 15.3 Å². The summed E-state index contributed by atoms with van der Waals surface area (Å²) in [7, 11) is 1.82. The van der Waals surface area contributed by atoms with Crippen LogP contribution in [0, 0.1) is 0 Å². The molecule has 1 aliphatic heterocycles. The monoisotopic (exact) mass is 198 g/mol. The molecule has 2 N–H and O–H groups in total. The highest BCUT2D eigenvalue weighted by atomic mass is 16.3. The van der Waals surface area contributed by atoms with Gasteiger partial charge in [0.05, 0.1) is 11.6 Å². The quantitative estimate of drug-likeness (QED) is 0.656. The Bertz CT molecular complexity index is 238. The fraction of sp³-hybridized carbons (Fsp3) is 0.900. The Balaban J connectivity index is 1.78. The molecule has 4 nitrogen and oxygen atoms in total. The maximum absolute atomic E-state index is 11.5. The van der Waals surface area contributed by atoms with Gasteiger partial charge in [-0.2, -0.15) is 0 Å². The second kappa shape index (κ2) is 3.51. The van der Waals surface area contributed by atoms with Gasteiger partial charge in [0.2, 0.25) is 5.91 Å². The van der Waals surface area contributed by atoms with Crippen molar-refractivity contribution >= 4 is 5.91 Å². The van der Waals surface area contributed by atoms with Crippen LogP contribution in [0.2, 0.25) is 0 Å². The van der Waals surface area contributed by atoms with E-state index in [1.165, 1.54) is 0 Å². The van der Waals surface area contributed by atoms with Crippen LogP contribution in [0.4, 0.5) is 0 Å². The molecule has 1 amide bonds. The van der Waals surface area contributed by atoms with Gasteiger partial charge in [-0.25, -0.2) is 0 Å². The van der Waals surface area contributed by atoms with Gasteiger partial charge in [0.25, 0.3) is 0 Å². The van der Waals surface area contributed by atoms with Crippen LogP contribution in [0.1, 0.15) is 25.7 Å². The van der Waals surface area contributed by atoms with Gasteiger partial charge >= 0.3 is 0 Å². The van der Waals surface area contributed by atoms with E-state index in [0.29, 0.717) is 6.54 Å². The topological polar surface area (TPSA) is 52.6 Å². The molecule has 1 unspecified atom stereocenters. The predicted octanol–water partition coefficient (Wildman–Crippen LogP) is -0.278. The third-order valence-electron chi connectivity index (χ3n) is 3.39. The number of carbonyl (C=O) groups is 1. The van der Waals surface area contributed by atoms with E-state index in [1.54, 1.807) is 4.90 Å². The molecular weight excluding hydrogens is 180 g/mol. The molecule has 0 aromatic heterocycles. The minimum Gasteiger partial charge on any atom is -0.389 e. The van der Waals surface area contributed by atoms with Crippen LogP contribution in [0.5, 0.6) is 0 Å². The molecule has 0 radical (unpaired) electrons. The van der Waals surface area contributed by atoms with Crippen molar-refractivity contribution in [1.82, 2.24) is 10.2 Å². The van der Waals surface area contributed by atoms with Crippen LogP contribution in [0.3, 0.4) is 0 Å². The summed E-state index contributed by atoms with van der Waals surface area (Å²) in [5.74, 6) is 0.160. The van der Waals surface area contributed by atoms with E-state index in [2.05, 4.69) is 5.32 Å². The van der Waals surface area contributed by atoms with Crippen molar-refractivity contribution in [2.75, 3.05) is 20.1 Å². The van der Waals surface area contributed by atoms with Gasteiger partial charge in [-0.3, -0.25) is 4.79 Å². The lowest BCUT2D eigenvalue weighted by Crippen LogP contribution is -2.50. The average Bonchev–Trinajstić information content (AvgIpc) is 2.42. The number of hydrogen-bond donors (Lipinski definition) is 2. The van der Waals surface area contributed by atoms with E-state index < -0.39 is 5.60 Å². The highest BCUT2D eigenvalue weighted by Gasteiger charge is 2.36. The number of nitrogens with zero attached hydrogens (tertiary/aromatic N) is 1. The molecule has 1 saturated heterocycles. The Morgan fingerprint density at radius 3 is 2.79 bits per heavy atom. The van der Waals surface area contributed by atoms with Crippen LogP contribution in [-0.2, 0) is 4.79 Å². The number of nitrogens with one attached hydrogen (secondary N) is 1. The van der Waals surface area contributed by atoms with Crippen LogP contribution < -0.4 is 5.32 Å². The number of rotatable bonds is 3. The van der Waals surface area contributed by atoms with E-state index in [1.807, 2.05) is 7.05 Å². The molecule has 4 heteroatoms. The largest absolute Gasteiger partial charge is 0.389 e. The maximum atomic E-state index is 11.5. The standard InChI is InChI=1S/C10H18N2O2/c1-12-6-3-8(9(12)13)11-7-10(14)4-2-5-10/h8,11,14H,2-7H2,1H3. The summed E-state index contributed by atoms with van der Waals surface area (Å²) in [6.07, 6.45) is 3.72. The zero-order valence-corrected chi connectivity index (χ0v) is 8.62. The molecule has 1 heterocycles. The first kappa shape index (κ1) is 9.93. The first-order valence-corrected chi connectivity index (χ1v) is 5.31. The Hall–Kier alpha value is -0.610. The summed E-state index contributed by atoms with van der Waals surface area (Å²) in [6, 6.07) is -0.0652. The van der Waals surface area contributed by atoms with Crippen molar-refractivity contribution in [2.45, 2.75) is 37.3 Å². The van der Waals surface area contributed by atoms with Crippen molar-refractivity contribution in [3.8, 4) is 0 Å². The van der Waals surface area contributed by atoms with Crippen LogP contribution in [0.25, 0.3) is 0 Å². The molecule has 14 heavy (non-hydrogen) atoms. The van der Waals surface area contributed by atoms with Gasteiger partial charge in [0, 0.05) is 20.1 Å². The summed E-state index contributed by atoms with van der Waals surface area (Å²) in [5.41, 5.74) is -0.526. The molecular formula is C10H18N2O2. The van der Waals surface area contributed by atoms with Gasteiger partial charge in [-0.05, 0) is 25.7 Å². The molecule has 0 bridgehead atoms.